The molecule has 1 aromatic rings. The molecule has 16 heavy (non-hydrogen) atoms. The summed E-state index contributed by atoms with van der Waals surface area (Å²) in [6.07, 6.45) is 8.61. The molecular weight excluding hydrogens is 196 g/mol. The first-order valence-corrected chi connectivity index (χ1v) is 6.04. The largest absolute Gasteiger partial charge is 0.468 e. The maximum Gasteiger partial charge on any atom is 0.114 e. The second kappa shape index (κ2) is 3.13. The van der Waals surface area contributed by atoms with Gasteiger partial charge in [-0.15, -0.1) is 0 Å². The molecule has 3 rings (SSSR count). The van der Waals surface area contributed by atoms with Crippen molar-refractivity contribution in [2.24, 2.45) is 11.3 Å². The highest BCUT2D eigenvalue weighted by Gasteiger charge is 2.44. The van der Waals surface area contributed by atoms with E-state index in [2.05, 4.69) is 38.6 Å². The van der Waals surface area contributed by atoms with Crippen LogP contribution in [0.15, 0.2) is 41.1 Å². The van der Waals surface area contributed by atoms with Gasteiger partial charge in [0.25, 0.3) is 0 Å². The van der Waals surface area contributed by atoms with E-state index in [4.69, 9.17) is 4.42 Å². The van der Waals surface area contributed by atoms with Gasteiger partial charge in [-0.3, -0.25) is 0 Å². The van der Waals surface area contributed by atoms with Crippen molar-refractivity contribution in [3.05, 3.63) is 48.0 Å². The predicted octanol–water partition coefficient (Wildman–Crippen LogP) is 4.08. The van der Waals surface area contributed by atoms with E-state index >= 15 is 0 Å². The average Bonchev–Trinajstić information content (AvgIpc) is 2.62. The highest BCUT2D eigenvalue weighted by molar-refractivity contribution is 5.38. The van der Waals surface area contributed by atoms with Gasteiger partial charge in [0, 0.05) is 5.92 Å². The number of rotatable bonds is 0. The third-order valence-electron chi connectivity index (χ3n) is 4.42. The zero-order chi connectivity index (χ0) is 11.3. The van der Waals surface area contributed by atoms with Crippen molar-refractivity contribution in [3.63, 3.8) is 0 Å². The molecule has 0 spiro atoms. The summed E-state index contributed by atoms with van der Waals surface area (Å²) < 4.78 is 5.71. The van der Waals surface area contributed by atoms with Crippen LogP contribution in [0.25, 0.3) is 0 Å². The van der Waals surface area contributed by atoms with Gasteiger partial charge in [0.05, 0.1) is 6.26 Å². The van der Waals surface area contributed by atoms with Crippen LogP contribution in [0.3, 0.4) is 0 Å². The Balaban J connectivity index is 2.19. The van der Waals surface area contributed by atoms with Crippen molar-refractivity contribution in [2.45, 2.75) is 32.6 Å². The van der Waals surface area contributed by atoms with Crippen molar-refractivity contribution in [3.8, 4) is 0 Å². The first-order chi connectivity index (χ1) is 7.60. The van der Waals surface area contributed by atoms with E-state index in [1.807, 2.05) is 6.26 Å². The summed E-state index contributed by atoms with van der Waals surface area (Å²) >= 11 is 0. The van der Waals surface area contributed by atoms with Gasteiger partial charge < -0.3 is 4.42 Å². The highest BCUT2D eigenvalue weighted by atomic mass is 16.3. The summed E-state index contributed by atoms with van der Waals surface area (Å²) in [5.41, 5.74) is 2.90. The maximum atomic E-state index is 5.71. The summed E-state index contributed by atoms with van der Waals surface area (Å²) in [7, 11) is 0. The van der Waals surface area contributed by atoms with Gasteiger partial charge in [-0.25, -0.2) is 0 Å². The molecule has 2 aliphatic carbocycles. The van der Waals surface area contributed by atoms with Crippen LogP contribution in [0, 0.1) is 11.3 Å². The number of hydrogen-bond donors (Lipinski definition) is 0. The third kappa shape index (κ3) is 1.17. The molecule has 1 aromatic heterocycles. The molecule has 1 heterocycles. The summed E-state index contributed by atoms with van der Waals surface area (Å²) in [4.78, 5) is 0. The fraction of sp³-hybridized carbons (Fsp3) is 0.467. The fourth-order valence-corrected chi connectivity index (χ4v) is 3.39. The summed E-state index contributed by atoms with van der Waals surface area (Å²) in [5.74, 6) is 2.18. The normalized spacial score (nSPS) is 31.0. The molecule has 2 bridgehead atoms. The molecule has 1 heteroatoms. The van der Waals surface area contributed by atoms with Crippen LogP contribution >= 0.6 is 0 Å². The Morgan fingerprint density at radius 1 is 1.44 bits per heavy atom. The van der Waals surface area contributed by atoms with Crippen molar-refractivity contribution >= 4 is 0 Å². The molecule has 2 unspecified atom stereocenters. The van der Waals surface area contributed by atoms with Gasteiger partial charge in [0.2, 0.25) is 0 Å². The monoisotopic (exact) mass is 214 g/mol. The van der Waals surface area contributed by atoms with E-state index in [0.29, 0.717) is 11.8 Å². The molecule has 0 saturated carbocycles. The Labute approximate surface area is 96.8 Å². The second-order valence-electron chi connectivity index (χ2n) is 5.63. The third-order valence-corrected chi connectivity index (χ3v) is 4.42. The lowest BCUT2D eigenvalue weighted by Gasteiger charge is -2.41. The quantitative estimate of drug-likeness (QED) is 0.634. The highest BCUT2D eigenvalue weighted by Crippen LogP contribution is 2.53. The average molecular weight is 214 g/mol. The molecule has 0 amide bonds. The van der Waals surface area contributed by atoms with E-state index in [1.54, 1.807) is 0 Å². The minimum absolute atomic E-state index is 0.231. The van der Waals surface area contributed by atoms with Gasteiger partial charge >= 0.3 is 0 Å². The molecule has 0 aromatic carbocycles. The zero-order valence-electron chi connectivity index (χ0n) is 9.99. The second-order valence-corrected chi connectivity index (χ2v) is 5.63. The number of aryl methyl sites for hydroxylation is 1. The van der Waals surface area contributed by atoms with E-state index in [1.165, 1.54) is 23.3 Å². The number of furan rings is 1. The van der Waals surface area contributed by atoms with Crippen LogP contribution in [0.2, 0.25) is 0 Å². The van der Waals surface area contributed by atoms with E-state index in [9.17, 15) is 0 Å². The van der Waals surface area contributed by atoms with Crippen molar-refractivity contribution < 1.29 is 4.42 Å². The van der Waals surface area contributed by atoms with E-state index < -0.39 is 0 Å². The molecule has 0 fully saturated rings. The number of hydrogen-bond acceptors (Lipinski definition) is 1. The Morgan fingerprint density at radius 3 is 3.06 bits per heavy atom. The molecule has 84 valence electrons. The first-order valence-electron chi connectivity index (χ1n) is 6.04. The zero-order valence-corrected chi connectivity index (χ0v) is 9.99. The van der Waals surface area contributed by atoms with Crippen LogP contribution in [0.5, 0.6) is 0 Å². The molecule has 2 atom stereocenters. The van der Waals surface area contributed by atoms with Gasteiger partial charge in [0.1, 0.15) is 5.76 Å². The van der Waals surface area contributed by atoms with Gasteiger partial charge in [-0.05, 0) is 35.8 Å². The molecule has 2 aliphatic rings. The van der Waals surface area contributed by atoms with Crippen LogP contribution < -0.4 is 0 Å². The lowest BCUT2D eigenvalue weighted by molar-refractivity contribution is 0.196. The Morgan fingerprint density at radius 2 is 2.25 bits per heavy atom. The lowest BCUT2D eigenvalue weighted by atomic mass is 9.63. The molecule has 0 N–H and O–H groups in total. The predicted molar refractivity (Wildman–Crippen MR) is 65.3 cm³/mol. The Bertz CT molecular complexity index is 462. The topological polar surface area (TPSA) is 13.1 Å². The Hall–Kier alpha value is -1.24. The van der Waals surface area contributed by atoms with Crippen LogP contribution in [-0.4, -0.2) is 0 Å². The van der Waals surface area contributed by atoms with Gasteiger partial charge in [-0.2, -0.15) is 0 Å². The smallest absolute Gasteiger partial charge is 0.114 e. The van der Waals surface area contributed by atoms with Crippen LogP contribution in [0.1, 0.15) is 37.5 Å². The molecule has 0 aliphatic heterocycles. The van der Waals surface area contributed by atoms with Crippen molar-refractivity contribution in [1.82, 2.24) is 0 Å². The Kier molecular flexibility index (Phi) is 1.95. The molecular formula is C15H18O. The van der Waals surface area contributed by atoms with Crippen LogP contribution in [-0.2, 0) is 6.42 Å². The fourth-order valence-electron chi connectivity index (χ4n) is 3.39. The molecule has 0 radical (unpaired) electrons. The number of fused-ring (bicyclic) bond motifs is 4. The number of allylic oxidation sites excluding steroid dienone is 3. The van der Waals surface area contributed by atoms with Gasteiger partial charge in [-0.1, -0.05) is 38.2 Å². The minimum Gasteiger partial charge on any atom is -0.468 e. The van der Waals surface area contributed by atoms with Crippen molar-refractivity contribution in [2.75, 3.05) is 0 Å². The first kappa shape index (κ1) is 9.95. The minimum atomic E-state index is 0.231. The summed E-state index contributed by atoms with van der Waals surface area (Å²) in [6, 6.07) is 2.13. The summed E-state index contributed by atoms with van der Waals surface area (Å²) in [5, 5.41) is 0. The van der Waals surface area contributed by atoms with E-state index in [-0.39, 0.29) is 5.41 Å². The lowest BCUT2D eigenvalue weighted by Crippen LogP contribution is -2.32. The van der Waals surface area contributed by atoms with Crippen LogP contribution in [0.4, 0.5) is 0 Å². The molecule has 1 nitrogen and oxygen atoms in total. The van der Waals surface area contributed by atoms with Crippen molar-refractivity contribution in [1.29, 1.82) is 0 Å². The van der Waals surface area contributed by atoms with Gasteiger partial charge in [0.15, 0.2) is 0 Å². The molecule has 0 saturated heterocycles. The van der Waals surface area contributed by atoms with E-state index in [0.717, 1.165) is 6.42 Å². The SMILES string of the molecule is C=C1C=CC2c3occc3CCC1C2(C)C. The maximum absolute atomic E-state index is 5.71. The summed E-state index contributed by atoms with van der Waals surface area (Å²) in [6.45, 7) is 8.89. The standard InChI is InChI=1S/C15H18O/c1-10-4-6-13-14-11(8-9-16-14)5-7-12(10)15(13,2)3/h4,6,8-9,12-13H,1,5,7H2,2-3H3.